The van der Waals surface area contributed by atoms with E-state index in [-0.39, 0.29) is 5.91 Å². The van der Waals surface area contributed by atoms with E-state index < -0.39 is 0 Å². The second-order valence-corrected chi connectivity index (χ2v) is 5.28. The molecule has 1 heterocycles. The molecule has 0 radical (unpaired) electrons. The van der Waals surface area contributed by atoms with Crippen LogP contribution in [0.25, 0.3) is 11.3 Å². The molecule has 2 N–H and O–H groups in total. The Morgan fingerprint density at radius 1 is 1.16 bits per heavy atom. The normalized spacial score (nSPS) is 10.3. The Morgan fingerprint density at radius 2 is 1.92 bits per heavy atom. The van der Waals surface area contributed by atoms with Crippen LogP contribution in [-0.2, 0) is 0 Å². The molecule has 0 aliphatic carbocycles. The third-order valence-corrected chi connectivity index (χ3v) is 3.64. The average Bonchev–Trinajstić information content (AvgIpc) is 3.13. The molecule has 3 rings (SSSR count). The highest BCUT2D eigenvalue weighted by atomic mass is 16.5. The molecule has 0 saturated carbocycles. The fourth-order valence-corrected chi connectivity index (χ4v) is 2.41. The van der Waals surface area contributed by atoms with Crippen molar-refractivity contribution in [1.29, 1.82) is 0 Å². The van der Waals surface area contributed by atoms with E-state index in [2.05, 4.69) is 15.5 Å². The number of methoxy groups -OCH3 is 1. The van der Waals surface area contributed by atoms with Gasteiger partial charge in [0.15, 0.2) is 0 Å². The molecule has 0 atom stereocenters. The summed E-state index contributed by atoms with van der Waals surface area (Å²) in [7, 11) is 1.56. The molecule has 6 heteroatoms. The van der Waals surface area contributed by atoms with Crippen LogP contribution in [0.2, 0.25) is 0 Å². The summed E-state index contributed by atoms with van der Waals surface area (Å²) in [6.07, 6.45) is 0. The van der Waals surface area contributed by atoms with E-state index in [9.17, 15) is 4.79 Å². The number of carbonyl (C=O) groups is 1. The van der Waals surface area contributed by atoms with Gasteiger partial charge in [0.05, 0.1) is 25.1 Å². The molecule has 0 aliphatic rings. The van der Waals surface area contributed by atoms with E-state index >= 15 is 0 Å². The predicted molar refractivity (Wildman–Crippen MR) is 96.1 cm³/mol. The number of nitrogens with zero attached hydrogens (tertiary/aromatic N) is 1. The summed E-state index contributed by atoms with van der Waals surface area (Å²) >= 11 is 0. The molecule has 25 heavy (non-hydrogen) atoms. The van der Waals surface area contributed by atoms with Crippen LogP contribution >= 0.6 is 0 Å². The van der Waals surface area contributed by atoms with Gasteiger partial charge in [0, 0.05) is 5.56 Å². The number of H-pyrrole nitrogens is 1. The Balaban J connectivity index is 1.75. The maximum Gasteiger partial charge on any atom is 0.273 e. The molecule has 0 fully saturated rings. The van der Waals surface area contributed by atoms with Crippen molar-refractivity contribution in [2.75, 3.05) is 19.0 Å². The van der Waals surface area contributed by atoms with Gasteiger partial charge < -0.3 is 14.8 Å². The number of carbonyl (C=O) groups excluding carboxylic acids is 1. The Hall–Kier alpha value is -3.28. The summed E-state index contributed by atoms with van der Waals surface area (Å²) < 4.78 is 10.7. The SMILES string of the molecule is CCOc1ccc(-c2cc(C(=O)Nc3ccccc3OC)[nH]n2)cc1. The monoisotopic (exact) mass is 337 g/mol. The third-order valence-electron chi connectivity index (χ3n) is 3.64. The number of para-hydroxylation sites is 2. The minimum absolute atomic E-state index is 0.283. The number of ether oxygens (including phenoxy) is 2. The summed E-state index contributed by atoms with van der Waals surface area (Å²) in [5.41, 5.74) is 2.56. The van der Waals surface area contributed by atoms with Crippen molar-refractivity contribution in [1.82, 2.24) is 10.2 Å². The highest BCUT2D eigenvalue weighted by Crippen LogP contribution is 2.25. The number of benzene rings is 2. The average molecular weight is 337 g/mol. The number of rotatable bonds is 6. The van der Waals surface area contributed by atoms with Crippen LogP contribution in [0.3, 0.4) is 0 Å². The van der Waals surface area contributed by atoms with Crippen molar-refractivity contribution in [3.05, 3.63) is 60.3 Å². The van der Waals surface area contributed by atoms with Gasteiger partial charge in [0.25, 0.3) is 5.91 Å². The van der Waals surface area contributed by atoms with Gasteiger partial charge in [-0.15, -0.1) is 0 Å². The van der Waals surface area contributed by atoms with E-state index in [0.717, 1.165) is 11.3 Å². The molecule has 1 aromatic heterocycles. The highest BCUT2D eigenvalue weighted by molar-refractivity contribution is 6.04. The lowest BCUT2D eigenvalue weighted by Crippen LogP contribution is -2.13. The zero-order valence-corrected chi connectivity index (χ0v) is 14.1. The van der Waals surface area contributed by atoms with Crippen molar-refractivity contribution >= 4 is 11.6 Å². The van der Waals surface area contributed by atoms with Gasteiger partial charge in [-0.3, -0.25) is 9.89 Å². The number of hydrogen-bond acceptors (Lipinski definition) is 4. The molecule has 0 aliphatic heterocycles. The molecular formula is C19H19N3O3. The standard InChI is InChI=1S/C19H19N3O3/c1-3-25-14-10-8-13(9-11-14)16-12-17(22-21-16)19(23)20-15-6-4-5-7-18(15)24-2/h4-12H,3H2,1-2H3,(H,20,23)(H,21,22). The van der Waals surface area contributed by atoms with Gasteiger partial charge in [0.1, 0.15) is 17.2 Å². The van der Waals surface area contributed by atoms with Crippen LogP contribution in [0.5, 0.6) is 11.5 Å². The topological polar surface area (TPSA) is 76.2 Å². The molecule has 0 unspecified atom stereocenters. The summed E-state index contributed by atoms with van der Waals surface area (Å²) in [4.78, 5) is 12.4. The first-order valence-corrected chi connectivity index (χ1v) is 7.94. The van der Waals surface area contributed by atoms with Crippen LogP contribution in [0, 0.1) is 0 Å². The Kier molecular flexibility index (Phi) is 4.99. The number of amides is 1. The van der Waals surface area contributed by atoms with Crippen LogP contribution in [0.4, 0.5) is 5.69 Å². The predicted octanol–water partition coefficient (Wildman–Crippen LogP) is 3.74. The molecule has 3 aromatic rings. The number of hydrogen-bond donors (Lipinski definition) is 2. The second-order valence-electron chi connectivity index (χ2n) is 5.28. The highest BCUT2D eigenvalue weighted by Gasteiger charge is 2.13. The molecule has 0 spiro atoms. The Bertz CT molecular complexity index is 856. The second kappa shape index (κ2) is 7.53. The van der Waals surface area contributed by atoms with Crippen LogP contribution in [-0.4, -0.2) is 29.8 Å². The number of aromatic amines is 1. The van der Waals surface area contributed by atoms with Crippen LogP contribution in [0.1, 0.15) is 17.4 Å². The van der Waals surface area contributed by atoms with E-state index in [1.807, 2.05) is 43.3 Å². The van der Waals surface area contributed by atoms with E-state index in [4.69, 9.17) is 9.47 Å². The molecule has 2 aromatic carbocycles. The van der Waals surface area contributed by atoms with Crippen LogP contribution in [0.15, 0.2) is 54.6 Å². The van der Waals surface area contributed by atoms with Crippen molar-refractivity contribution in [2.24, 2.45) is 0 Å². The van der Waals surface area contributed by atoms with Crippen molar-refractivity contribution in [2.45, 2.75) is 6.92 Å². The molecule has 0 saturated heterocycles. The molecule has 0 bridgehead atoms. The quantitative estimate of drug-likeness (QED) is 0.718. The maximum absolute atomic E-state index is 12.4. The first-order valence-electron chi connectivity index (χ1n) is 7.94. The zero-order chi connectivity index (χ0) is 17.6. The maximum atomic E-state index is 12.4. The summed E-state index contributed by atoms with van der Waals surface area (Å²) in [6, 6.07) is 16.5. The van der Waals surface area contributed by atoms with Gasteiger partial charge in [-0.25, -0.2) is 0 Å². The Morgan fingerprint density at radius 3 is 2.64 bits per heavy atom. The minimum Gasteiger partial charge on any atom is -0.495 e. The molecule has 128 valence electrons. The van der Waals surface area contributed by atoms with Gasteiger partial charge in [-0.2, -0.15) is 5.10 Å². The largest absolute Gasteiger partial charge is 0.495 e. The first kappa shape index (κ1) is 16.6. The minimum atomic E-state index is -0.283. The van der Waals surface area contributed by atoms with Gasteiger partial charge in [-0.1, -0.05) is 12.1 Å². The fourth-order valence-electron chi connectivity index (χ4n) is 2.41. The molecule has 6 nitrogen and oxygen atoms in total. The van der Waals surface area contributed by atoms with Crippen molar-refractivity contribution in [3.8, 4) is 22.8 Å². The van der Waals surface area contributed by atoms with Crippen molar-refractivity contribution < 1.29 is 14.3 Å². The smallest absolute Gasteiger partial charge is 0.273 e. The molecular weight excluding hydrogens is 318 g/mol. The number of anilines is 1. The lowest BCUT2D eigenvalue weighted by molar-refractivity contribution is 0.102. The van der Waals surface area contributed by atoms with E-state index in [1.165, 1.54) is 0 Å². The Labute approximate surface area is 145 Å². The summed E-state index contributed by atoms with van der Waals surface area (Å²) in [6.45, 7) is 2.56. The third kappa shape index (κ3) is 3.80. The number of aromatic nitrogens is 2. The van der Waals surface area contributed by atoms with Crippen LogP contribution < -0.4 is 14.8 Å². The van der Waals surface area contributed by atoms with Crippen molar-refractivity contribution in [3.63, 3.8) is 0 Å². The lowest BCUT2D eigenvalue weighted by Gasteiger charge is -2.08. The van der Waals surface area contributed by atoms with Gasteiger partial charge in [0.2, 0.25) is 0 Å². The summed E-state index contributed by atoms with van der Waals surface area (Å²) in [5.74, 6) is 1.12. The summed E-state index contributed by atoms with van der Waals surface area (Å²) in [5, 5.41) is 9.79. The number of nitrogens with one attached hydrogen (secondary N) is 2. The van der Waals surface area contributed by atoms with Gasteiger partial charge in [-0.05, 0) is 49.4 Å². The van der Waals surface area contributed by atoms with E-state index in [1.54, 1.807) is 25.3 Å². The fraction of sp³-hybridized carbons (Fsp3) is 0.158. The van der Waals surface area contributed by atoms with Gasteiger partial charge >= 0.3 is 0 Å². The first-order chi connectivity index (χ1) is 12.2. The zero-order valence-electron chi connectivity index (χ0n) is 14.1. The lowest BCUT2D eigenvalue weighted by atomic mass is 10.1. The van der Waals surface area contributed by atoms with E-state index in [0.29, 0.717) is 29.4 Å². The molecule has 1 amide bonds.